The van der Waals surface area contributed by atoms with E-state index in [-0.39, 0.29) is 24.8 Å². The average molecular weight is 353 g/mol. The van der Waals surface area contributed by atoms with Crippen LogP contribution in [0.25, 0.3) is 11.0 Å². The Balaban J connectivity index is 1.89. The fraction of sp³-hybridized carbons (Fsp3) is 0.316. The molecule has 0 unspecified atom stereocenters. The third kappa shape index (κ3) is 2.47. The van der Waals surface area contributed by atoms with Crippen LogP contribution in [0.1, 0.15) is 40.5 Å². The first-order valence-corrected chi connectivity index (χ1v) is 8.43. The van der Waals surface area contributed by atoms with Gasteiger partial charge >= 0.3 is 5.97 Å². The molecule has 1 aliphatic rings. The number of hydrogen-bond donors (Lipinski definition) is 2. The number of aromatic nitrogens is 2. The molecule has 0 saturated carbocycles. The van der Waals surface area contributed by atoms with E-state index in [1.165, 1.54) is 4.68 Å². The molecule has 1 amide bonds. The number of rotatable bonds is 3. The van der Waals surface area contributed by atoms with Gasteiger partial charge in [0.25, 0.3) is 0 Å². The zero-order chi connectivity index (χ0) is 18.6. The van der Waals surface area contributed by atoms with Crippen molar-refractivity contribution in [2.45, 2.75) is 39.7 Å². The number of anilines is 1. The van der Waals surface area contributed by atoms with Crippen molar-refractivity contribution in [2.75, 3.05) is 5.32 Å². The van der Waals surface area contributed by atoms with Crippen LogP contribution in [0.5, 0.6) is 0 Å². The zero-order valence-corrected chi connectivity index (χ0v) is 14.8. The molecule has 7 heteroatoms. The Morgan fingerprint density at radius 2 is 2.15 bits per heavy atom. The third-order valence-corrected chi connectivity index (χ3v) is 4.90. The Bertz CT molecular complexity index is 1060. The summed E-state index contributed by atoms with van der Waals surface area (Å²) in [6, 6.07) is 6.00. The number of amides is 1. The van der Waals surface area contributed by atoms with Crippen molar-refractivity contribution < 1.29 is 19.1 Å². The lowest BCUT2D eigenvalue weighted by Gasteiger charge is -2.23. The minimum absolute atomic E-state index is 0.176. The van der Waals surface area contributed by atoms with Gasteiger partial charge in [-0.2, -0.15) is 5.10 Å². The molecule has 1 atom stereocenters. The topological polar surface area (TPSA) is 97.4 Å². The number of carboxylic acid groups (broad SMARTS) is 1. The second-order valence-corrected chi connectivity index (χ2v) is 6.79. The van der Waals surface area contributed by atoms with Crippen LogP contribution in [0.15, 0.2) is 22.6 Å². The second-order valence-electron chi connectivity index (χ2n) is 6.79. The molecule has 1 aliphatic heterocycles. The summed E-state index contributed by atoms with van der Waals surface area (Å²) in [4.78, 5) is 23.4. The molecule has 0 fully saturated rings. The molecule has 0 saturated heterocycles. The summed E-state index contributed by atoms with van der Waals surface area (Å²) >= 11 is 0. The number of carbonyl (C=O) groups is 2. The number of nitrogens with zero attached hydrogens (tertiary/aromatic N) is 2. The number of aliphatic carboxylic acids is 1. The largest absolute Gasteiger partial charge is 0.480 e. The smallest absolute Gasteiger partial charge is 0.325 e. The fourth-order valence-corrected chi connectivity index (χ4v) is 3.77. The molecule has 3 heterocycles. The van der Waals surface area contributed by atoms with Gasteiger partial charge in [-0.1, -0.05) is 11.6 Å². The summed E-state index contributed by atoms with van der Waals surface area (Å²) in [6.45, 7) is 5.53. The Labute approximate surface area is 149 Å². The zero-order valence-electron chi connectivity index (χ0n) is 14.8. The molecule has 7 nitrogen and oxygen atoms in total. The van der Waals surface area contributed by atoms with E-state index in [1.54, 1.807) is 0 Å². The average Bonchev–Trinajstić information content (AvgIpc) is 3.04. The van der Waals surface area contributed by atoms with Crippen LogP contribution in [0.2, 0.25) is 0 Å². The quantitative estimate of drug-likeness (QED) is 0.754. The number of carboxylic acids is 1. The molecule has 3 aromatic rings. The Morgan fingerprint density at radius 1 is 1.38 bits per heavy atom. The number of benzene rings is 1. The lowest BCUT2D eigenvalue weighted by Crippen LogP contribution is -2.26. The van der Waals surface area contributed by atoms with Gasteiger partial charge in [-0.25, -0.2) is 4.68 Å². The van der Waals surface area contributed by atoms with Crippen LogP contribution < -0.4 is 5.32 Å². The predicted molar refractivity (Wildman–Crippen MR) is 95.4 cm³/mol. The van der Waals surface area contributed by atoms with Crippen LogP contribution >= 0.6 is 0 Å². The fourth-order valence-electron chi connectivity index (χ4n) is 3.77. The summed E-state index contributed by atoms with van der Waals surface area (Å²) in [7, 11) is 0. The Hall–Kier alpha value is -3.09. The minimum Gasteiger partial charge on any atom is -0.480 e. The van der Waals surface area contributed by atoms with E-state index >= 15 is 0 Å². The van der Waals surface area contributed by atoms with E-state index in [9.17, 15) is 9.59 Å². The van der Waals surface area contributed by atoms with Crippen molar-refractivity contribution in [1.82, 2.24) is 9.78 Å². The second kappa shape index (κ2) is 5.72. The molecule has 26 heavy (non-hydrogen) atoms. The van der Waals surface area contributed by atoms with Crippen molar-refractivity contribution in [3.8, 4) is 0 Å². The van der Waals surface area contributed by atoms with E-state index in [0.717, 1.165) is 33.4 Å². The number of aryl methyl sites for hydroxylation is 3. The Morgan fingerprint density at radius 3 is 2.88 bits per heavy atom. The highest BCUT2D eigenvalue weighted by molar-refractivity contribution is 5.95. The van der Waals surface area contributed by atoms with Gasteiger partial charge < -0.3 is 14.8 Å². The molecule has 0 spiro atoms. The summed E-state index contributed by atoms with van der Waals surface area (Å²) in [6.07, 6.45) is 0.242. The first kappa shape index (κ1) is 16.4. The van der Waals surface area contributed by atoms with Gasteiger partial charge in [-0.3, -0.25) is 9.59 Å². The van der Waals surface area contributed by atoms with Gasteiger partial charge in [0.1, 0.15) is 23.7 Å². The summed E-state index contributed by atoms with van der Waals surface area (Å²) in [5.41, 5.74) is 4.44. The van der Waals surface area contributed by atoms with Crippen molar-refractivity contribution in [3.05, 3.63) is 46.3 Å². The summed E-state index contributed by atoms with van der Waals surface area (Å²) < 4.78 is 7.44. The molecule has 0 bridgehead atoms. The maximum Gasteiger partial charge on any atom is 0.325 e. The monoisotopic (exact) mass is 353 g/mol. The number of carbonyl (C=O) groups excluding carboxylic acids is 1. The molecule has 0 radical (unpaired) electrons. The molecule has 1 aromatic carbocycles. The van der Waals surface area contributed by atoms with Crippen LogP contribution in [0.4, 0.5) is 5.82 Å². The lowest BCUT2D eigenvalue weighted by molar-refractivity contribution is -0.137. The molecular weight excluding hydrogens is 334 g/mol. The normalized spacial score (nSPS) is 16.6. The third-order valence-electron chi connectivity index (χ3n) is 4.90. The first-order chi connectivity index (χ1) is 12.3. The van der Waals surface area contributed by atoms with Gasteiger partial charge in [0, 0.05) is 17.4 Å². The predicted octanol–water partition coefficient (Wildman–Crippen LogP) is 3.11. The highest BCUT2D eigenvalue weighted by Crippen LogP contribution is 2.42. The highest BCUT2D eigenvalue weighted by atomic mass is 16.4. The van der Waals surface area contributed by atoms with E-state index in [1.807, 2.05) is 32.9 Å². The minimum atomic E-state index is -1.01. The first-order valence-electron chi connectivity index (χ1n) is 8.43. The van der Waals surface area contributed by atoms with Crippen LogP contribution in [0, 0.1) is 20.8 Å². The van der Waals surface area contributed by atoms with E-state index in [0.29, 0.717) is 11.5 Å². The molecule has 4 rings (SSSR count). The van der Waals surface area contributed by atoms with Crippen LogP contribution in [-0.2, 0) is 16.1 Å². The maximum absolute atomic E-state index is 12.3. The van der Waals surface area contributed by atoms with E-state index < -0.39 is 5.97 Å². The van der Waals surface area contributed by atoms with Gasteiger partial charge in [0.15, 0.2) is 0 Å². The standard InChI is InChI=1S/C19H19N3O4/c1-9-4-5-14-12(6-9)10(2)18(26-14)13-7-15(23)20-19-17(13)11(3)21-22(19)8-16(24)25/h4-6,13H,7-8H2,1-3H3,(H,20,23)(H,24,25)/t13-/m0/s1. The number of fused-ring (bicyclic) bond motifs is 2. The highest BCUT2D eigenvalue weighted by Gasteiger charge is 2.35. The number of hydrogen-bond acceptors (Lipinski definition) is 4. The molecular formula is C19H19N3O4. The lowest BCUT2D eigenvalue weighted by atomic mass is 9.88. The van der Waals surface area contributed by atoms with Crippen molar-refractivity contribution in [2.24, 2.45) is 0 Å². The van der Waals surface area contributed by atoms with Crippen LogP contribution in [-0.4, -0.2) is 26.8 Å². The summed E-state index contributed by atoms with van der Waals surface area (Å²) in [5.74, 6) is -0.289. The molecule has 134 valence electrons. The molecule has 2 N–H and O–H groups in total. The van der Waals surface area contributed by atoms with Crippen molar-refractivity contribution in [1.29, 1.82) is 0 Å². The van der Waals surface area contributed by atoms with Gasteiger partial charge in [0.05, 0.1) is 11.6 Å². The molecule has 2 aromatic heterocycles. The maximum atomic E-state index is 12.3. The summed E-state index contributed by atoms with van der Waals surface area (Å²) in [5, 5.41) is 17.2. The van der Waals surface area contributed by atoms with Crippen molar-refractivity contribution >= 4 is 28.7 Å². The number of nitrogens with one attached hydrogen (secondary N) is 1. The van der Waals surface area contributed by atoms with Crippen molar-refractivity contribution in [3.63, 3.8) is 0 Å². The van der Waals surface area contributed by atoms with E-state index in [2.05, 4.69) is 16.5 Å². The SMILES string of the molecule is Cc1ccc2oc([C@H]3CC(=O)Nc4c3c(C)nn4CC(=O)O)c(C)c2c1. The number of furan rings is 1. The van der Waals surface area contributed by atoms with Gasteiger partial charge in [-0.15, -0.1) is 0 Å². The van der Waals surface area contributed by atoms with Crippen LogP contribution in [0.3, 0.4) is 0 Å². The molecule has 0 aliphatic carbocycles. The van der Waals surface area contributed by atoms with Gasteiger partial charge in [-0.05, 0) is 38.5 Å². The van der Waals surface area contributed by atoms with Gasteiger partial charge in [0.2, 0.25) is 5.91 Å². The Kier molecular flexibility index (Phi) is 3.61. The van der Waals surface area contributed by atoms with E-state index in [4.69, 9.17) is 9.52 Å².